The van der Waals surface area contributed by atoms with Crippen molar-refractivity contribution in [1.82, 2.24) is 10.6 Å². The summed E-state index contributed by atoms with van der Waals surface area (Å²) >= 11 is 0. The Labute approximate surface area is 156 Å². The quantitative estimate of drug-likeness (QED) is 0.418. The van der Waals surface area contributed by atoms with Gasteiger partial charge in [-0.05, 0) is 37.3 Å². The van der Waals surface area contributed by atoms with E-state index in [4.69, 9.17) is 0 Å². The molecular formula is C16H26IN3O2S. The molecule has 7 heteroatoms. The maximum Gasteiger partial charge on any atom is 0.191 e. The lowest BCUT2D eigenvalue weighted by Crippen LogP contribution is -2.39. The minimum atomic E-state index is -2.82. The van der Waals surface area contributed by atoms with Gasteiger partial charge in [0.15, 0.2) is 15.8 Å². The Bertz CT molecular complexity index is 659. The fourth-order valence-electron chi connectivity index (χ4n) is 2.72. The molecule has 5 nitrogen and oxygen atoms in total. The molecule has 130 valence electrons. The number of halogens is 1. The van der Waals surface area contributed by atoms with Crippen molar-refractivity contribution in [1.29, 1.82) is 0 Å². The van der Waals surface area contributed by atoms with E-state index in [1.165, 1.54) is 16.7 Å². The summed E-state index contributed by atoms with van der Waals surface area (Å²) in [4.78, 5) is 4.19. The van der Waals surface area contributed by atoms with E-state index in [1.54, 1.807) is 7.05 Å². The number of sulfone groups is 1. The molecule has 0 saturated carbocycles. The SMILES string of the molecule is CN=C(NCc1ccc(C)cc1C)NCC1CCS(=O)(=O)C1.I. The average molecular weight is 451 g/mol. The highest BCUT2D eigenvalue weighted by Crippen LogP contribution is 2.17. The summed E-state index contributed by atoms with van der Waals surface area (Å²) in [6.07, 6.45) is 0.739. The second kappa shape index (κ2) is 8.86. The third-order valence-electron chi connectivity index (χ3n) is 4.05. The zero-order valence-corrected chi connectivity index (χ0v) is 17.1. The van der Waals surface area contributed by atoms with Crippen molar-refractivity contribution in [2.75, 3.05) is 25.1 Å². The summed E-state index contributed by atoms with van der Waals surface area (Å²) < 4.78 is 22.9. The van der Waals surface area contributed by atoms with Crippen LogP contribution in [0.1, 0.15) is 23.1 Å². The third kappa shape index (κ3) is 6.29. The summed E-state index contributed by atoms with van der Waals surface area (Å²) in [5.74, 6) is 1.50. The van der Waals surface area contributed by atoms with Crippen LogP contribution in [0.2, 0.25) is 0 Å². The Balaban J connectivity index is 0.00000264. The molecular weight excluding hydrogens is 425 g/mol. The summed E-state index contributed by atoms with van der Waals surface area (Å²) in [5, 5.41) is 6.50. The maximum absolute atomic E-state index is 11.5. The van der Waals surface area contributed by atoms with Crippen LogP contribution in [0, 0.1) is 19.8 Å². The van der Waals surface area contributed by atoms with Crippen LogP contribution in [0.3, 0.4) is 0 Å². The van der Waals surface area contributed by atoms with Gasteiger partial charge >= 0.3 is 0 Å². The van der Waals surface area contributed by atoms with Crippen LogP contribution in [-0.4, -0.2) is 39.5 Å². The standard InChI is InChI=1S/C16H25N3O2S.HI/c1-12-4-5-15(13(2)8-12)10-19-16(17-3)18-9-14-6-7-22(20,21)11-14;/h4-5,8,14H,6-7,9-11H2,1-3H3,(H2,17,18,19);1H. The van der Waals surface area contributed by atoms with E-state index in [0.29, 0.717) is 24.8 Å². The van der Waals surface area contributed by atoms with Gasteiger partial charge in [-0.3, -0.25) is 4.99 Å². The van der Waals surface area contributed by atoms with E-state index in [2.05, 4.69) is 47.7 Å². The normalized spacial score (nSPS) is 20.0. The van der Waals surface area contributed by atoms with Crippen molar-refractivity contribution in [3.63, 3.8) is 0 Å². The van der Waals surface area contributed by atoms with Crippen LogP contribution in [0.5, 0.6) is 0 Å². The van der Waals surface area contributed by atoms with Crippen molar-refractivity contribution in [3.8, 4) is 0 Å². The van der Waals surface area contributed by atoms with Crippen LogP contribution in [0.15, 0.2) is 23.2 Å². The molecule has 23 heavy (non-hydrogen) atoms. The smallest absolute Gasteiger partial charge is 0.191 e. The van der Waals surface area contributed by atoms with Gasteiger partial charge in [0.2, 0.25) is 0 Å². The molecule has 1 aromatic rings. The Morgan fingerprint density at radius 3 is 2.61 bits per heavy atom. The largest absolute Gasteiger partial charge is 0.356 e. The summed E-state index contributed by atoms with van der Waals surface area (Å²) in [5.41, 5.74) is 3.74. The van der Waals surface area contributed by atoms with Crippen molar-refractivity contribution < 1.29 is 8.42 Å². The van der Waals surface area contributed by atoms with E-state index in [-0.39, 0.29) is 35.6 Å². The number of aryl methyl sites for hydroxylation is 2. The minimum absolute atomic E-state index is 0. The first-order valence-corrected chi connectivity index (χ1v) is 9.43. The summed E-state index contributed by atoms with van der Waals surface area (Å²) in [6, 6.07) is 6.38. The fourth-order valence-corrected chi connectivity index (χ4v) is 4.58. The first kappa shape index (κ1) is 20.2. The van der Waals surface area contributed by atoms with Gasteiger partial charge in [-0.25, -0.2) is 8.42 Å². The lowest BCUT2D eigenvalue weighted by molar-refractivity contribution is 0.567. The molecule has 0 radical (unpaired) electrons. The average Bonchev–Trinajstić information content (AvgIpc) is 2.80. The first-order valence-electron chi connectivity index (χ1n) is 7.60. The Hall–Kier alpha value is -0.830. The highest BCUT2D eigenvalue weighted by atomic mass is 127. The molecule has 0 amide bonds. The van der Waals surface area contributed by atoms with E-state index in [0.717, 1.165) is 6.42 Å². The molecule has 0 aromatic heterocycles. The molecule has 1 heterocycles. The number of nitrogens with one attached hydrogen (secondary N) is 2. The molecule has 0 aliphatic carbocycles. The molecule has 2 rings (SSSR count). The fraction of sp³-hybridized carbons (Fsp3) is 0.562. The number of aliphatic imine (C=N–C) groups is 1. The van der Waals surface area contributed by atoms with Crippen molar-refractivity contribution in [3.05, 3.63) is 34.9 Å². The van der Waals surface area contributed by atoms with Gasteiger partial charge in [0, 0.05) is 20.1 Å². The highest BCUT2D eigenvalue weighted by molar-refractivity contribution is 14.0. The van der Waals surface area contributed by atoms with E-state index >= 15 is 0 Å². The van der Waals surface area contributed by atoms with Gasteiger partial charge in [0.1, 0.15) is 0 Å². The second-order valence-corrected chi connectivity index (χ2v) is 8.23. The van der Waals surface area contributed by atoms with Gasteiger partial charge in [-0.2, -0.15) is 0 Å². The number of nitrogens with zero attached hydrogens (tertiary/aromatic N) is 1. The molecule has 1 saturated heterocycles. The van der Waals surface area contributed by atoms with E-state index in [1.807, 2.05) is 0 Å². The van der Waals surface area contributed by atoms with Gasteiger partial charge < -0.3 is 10.6 Å². The lowest BCUT2D eigenvalue weighted by Gasteiger charge is -2.15. The topological polar surface area (TPSA) is 70.6 Å². The predicted octanol–water partition coefficient (Wildman–Crippen LogP) is 2.02. The van der Waals surface area contributed by atoms with Crippen LogP contribution in [0.25, 0.3) is 0 Å². The van der Waals surface area contributed by atoms with Crippen molar-refractivity contribution in [2.45, 2.75) is 26.8 Å². The number of hydrogen-bond acceptors (Lipinski definition) is 3. The summed E-state index contributed by atoms with van der Waals surface area (Å²) in [7, 11) is -1.09. The number of benzene rings is 1. The molecule has 1 unspecified atom stereocenters. The third-order valence-corrected chi connectivity index (χ3v) is 5.89. The van der Waals surface area contributed by atoms with Crippen molar-refractivity contribution in [2.24, 2.45) is 10.9 Å². The van der Waals surface area contributed by atoms with Crippen LogP contribution < -0.4 is 10.6 Å². The molecule has 1 aliphatic rings. The van der Waals surface area contributed by atoms with Gasteiger partial charge in [-0.15, -0.1) is 24.0 Å². The Kier molecular flexibility index (Phi) is 7.79. The molecule has 1 aliphatic heterocycles. The van der Waals surface area contributed by atoms with Gasteiger partial charge in [0.25, 0.3) is 0 Å². The van der Waals surface area contributed by atoms with E-state index < -0.39 is 9.84 Å². The van der Waals surface area contributed by atoms with Crippen LogP contribution in [-0.2, 0) is 16.4 Å². The van der Waals surface area contributed by atoms with Gasteiger partial charge in [-0.1, -0.05) is 23.8 Å². The molecule has 1 fully saturated rings. The first-order chi connectivity index (χ1) is 10.4. The van der Waals surface area contributed by atoms with E-state index in [9.17, 15) is 8.42 Å². The molecule has 1 aromatic carbocycles. The maximum atomic E-state index is 11.5. The highest BCUT2D eigenvalue weighted by Gasteiger charge is 2.27. The monoisotopic (exact) mass is 451 g/mol. The molecule has 1 atom stereocenters. The van der Waals surface area contributed by atoms with Crippen LogP contribution >= 0.6 is 24.0 Å². The number of guanidine groups is 1. The lowest BCUT2D eigenvalue weighted by atomic mass is 10.1. The molecule has 0 spiro atoms. The Morgan fingerprint density at radius 2 is 2.04 bits per heavy atom. The second-order valence-electron chi connectivity index (χ2n) is 6.01. The van der Waals surface area contributed by atoms with Crippen molar-refractivity contribution >= 4 is 39.8 Å². The summed E-state index contributed by atoms with van der Waals surface area (Å²) in [6.45, 7) is 5.53. The minimum Gasteiger partial charge on any atom is -0.356 e. The Morgan fingerprint density at radius 1 is 1.30 bits per heavy atom. The number of hydrogen-bond donors (Lipinski definition) is 2. The molecule has 0 bridgehead atoms. The van der Waals surface area contributed by atoms with Gasteiger partial charge in [0.05, 0.1) is 11.5 Å². The zero-order chi connectivity index (χ0) is 16.2. The predicted molar refractivity (Wildman–Crippen MR) is 106 cm³/mol. The van der Waals surface area contributed by atoms with Crippen LogP contribution in [0.4, 0.5) is 0 Å². The zero-order valence-electron chi connectivity index (χ0n) is 13.9. The number of rotatable bonds is 4. The molecule has 2 N–H and O–H groups in total.